The maximum absolute atomic E-state index is 12.7. The highest BCUT2D eigenvalue weighted by molar-refractivity contribution is 6.09. The topological polar surface area (TPSA) is 146 Å². The van der Waals surface area contributed by atoms with Gasteiger partial charge in [-0.2, -0.15) is 0 Å². The molecule has 0 aliphatic rings. The third kappa shape index (κ3) is 6.74. The molecule has 0 atom stereocenters. The zero-order chi connectivity index (χ0) is 22.8. The highest BCUT2D eigenvalue weighted by atomic mass is 16.6. The number of nitrogens with two attached hydrogens (primary N) is 1. The number of hydrogen-bond donors (Lipinski definition) is 3. The molecule has 0 saturated carbocycles. The maximum Gasteiger partial charge on any atom is 0.343 e. The molecule has 0 aliphatic carbocycles. The first-order valence-electron chi connectivity index (χ1n) is 9.20. The van der Waals surface area contributed by atoms with E-state index in [0.29, 0.717) is 0 Å². The van der Waals surface area contributed by atoms with Crippen LogP contribution in [-0.2, 0) is 14.3 Å². The Kier molecular flexibility index (Phi) is 8.38. The van der Waals surface area contributed by atoms with Crippen LogP contribution in [-0.4, -0.2) is 51.1 Å². The molecule has 0 heterocycles. The van der Waals surface area contributed by atoms with E-state index in [1.54, 1.807) is 24.3 Å². The Morgan fingerprint density at radius 1 is 0.968 bits per heavy atom. The third-order valence-electron chi connectivity index (χ3n) is 4.08. The van der Waals surface area contributed by atoms with E-state index in [4.69, 9.17) is 15.2 Å². The van der Waals surface area contributed by atoms with Crippen LogP contribution in [0.25, 0.3) is 0 Å². The maximum atomic E-state index is 12.7. The Labute approximate surface area is 178 Å². The SMILES string of the molecule is COC(=O)COc1ccc(C(=O)Nc2ccccc2C(=O)NCCC(N)=O)cc1OC. The molecule has 10 nitrogen and oxygen atoms in total. The number of methoxy groups -OCH3 is 2. The molecule has 0 bridgehead atoms. The van der Waals surface area contributed by atoms with Crippen molar-refractivity contribution in [1.82, 2.24) is 5.32 Å². The first kappa shape index (κ1) is 23.2. The zero-order valence-corrected chi connectivity index (χ0v) is 17.1. The first-order valence-corrected chi connectivity index (χ1v) is 9.20. The molecule has 0 aliphatic heterocycles. The lowest BCUT2D eigenvalue weighted by molar-refractivity contribution is -0.142. The molecule has 2 aromatic rings. The summed E-state index contributed by atoms with van der Waals surface area (Å²) in [7, 11) is 2.64. The van der Waals surface area contributed by atoms with E-state index < -0.39 is 23.7 Å². The zero-order valence-electron chi connectivity index (χ0n) is 17.1. The van der Waals surface area contributed by atoms with E-state index in [1.165, 1.54) is 32.4 Å². The van der Waals surface area contributed by atoms with Crippen LogP contribution in [0, 0.1) is 0 Å². The summed E-state index contributed by atoms with van der Waals surface area (Å²) < 4.78 is 15.1. The summed E-state index contributed by atoms with van der Waals surface area (Å²) in [4.78, 5) is 47.1. The van der Waals surface area contributed by atoms with E-state index in [1.807, 2.05) is 0 Å². The minimum Gasteiger partial charge on any atom is -0.493 e. The molecular weight excluding hydrogens is 406 g/mol. The number of amides is 3. The van der Waals surface area contributed by atoms with Crippen molar-refractivity contribution in [3.05, 3.63) is 53.6 Å². The van der Waals surface area contributed by atoms with Crippen molar-refractivity contribution in [2.24, 2.45) is 5.73 Å². The average Bonchev–Trinajstić information content (AvgIpc) is 2.77. The predicted molar refractivity (Wildman–Crippen MR) is 111 cm³/mol. The summed E-state index contributed by atoms with van der Waals surface area (Å²) in [5.74, 6) is -1.53. The van der Waals surface area contributed by atoms with E-state index >= 15 is 0 Å². The molecule has 31 heavy (non-hydrogen) atoms. The second kappa shape index (κ2) is 11.2. The van der Waals surface area contributed by atoms with Gasteiger partial charge in [-0.3, -0.25) is 14.4 Å². The molecule has 2 rings (SSSR count). The Hall–Kier alpha value is -4.08. The van der Waals surface area contributed by atoms with Gasteiger partial charge in [0.15, 0.2) is 18.1 Å². The highest BCUT2D eigenvalue weighted by Gasteiger charge is 2.16. The molecule has 164 valence electrons. The largest absolute Gasteiger partial charge is 0.493 e. The summed E-state index contributed by atoms with van der Waals surface area (Å²) in [6.45, 7) is -0.225. The number of primary amides is 1. The molecule has 2 aromatic carbocycles. The van der Waals surface area contributed by atoms with Crippen molar-refractivity contribution >= 4 is 29.4 Å². The van der Waals surface area contributed by atoms with E-state index in [-0.39, 0.29) is 47.9 Å². The van der Waals surface area contributed by atoms with Gasteiger partial charge in [0.05, 0.1) is 25.5 Å². The standard InChI is InChI=1S/C21H23N3O7/c1-29-17-11-13(7-8-16(17)31-12-19(26)30-2)20(27)24-15-6-4-3-5-14(15)21(28)23-10-9-18(22)25/h3-8,11H,9-10,12H2,1-2H3,(H2,22,25)(H,23,28)(H,24,27). The molecule has 0 aromatic heterocycles. The van der Waals surface area contributed by atoms with Crippen LogP contribution in [0.15, 0.2) is 42.5 Å². The van der Waals surface area contributed by atoms with Crippen LogP contribution < -0.4 is 25.8 Å². The van der Waals surface area contributed by atoms with Gasteiger partial charge in [0, 0.05) is 18.5 Å². The van der Waals surface area contributed by atoms with Crippen molar-refractivity contribution in [3.8, 4) is 11.5 Å². The summed E-state index contributed by atoms with van der Waals surface area (Å²) in [5, 5.41) is 5.25. The van der Waals surface area contributed by atoms with Gasteiger partial charge >= 0.3 is 5.97 Å². The van der Waals surface area contributed by atoms with Gasteiger partial charge in [0.2, 0.25) is 5.91 Å². The Bertz CT molecular complexity index is 975. The van der Waals surface area contributed by atoms with Gasteiger partial charge in [0.1, 0.15) is 0 Å². The van der Waals surface area contributed by atoms with Crippen molar-refractivity contribution in [2.75, 3.05) is 32.7 Å². The third-order valence-corrected chi connectivity index (χ3v) is 4.08. The number of para-hydroxylation sites is 1. The van der Waals surface area contributed by atoms with Crippen molar-refractivity contribution in [3.63, 3.8) is 0 Å². The molecule has 3 amide bonds. The predicted octanol–water partition coefficient (Wildman–Crippen LogP) is 1.10. The van der Waals surface area contributed by atoms with Crippen LogP contribution in [0.1, 0.15) is 27.1 Å². The fraction of sp³-hybridized carbons (Fsp3) is 0.238. The number of anilines is 1. The van der Waals surface area contributed by atoms with Crippen molar-refractivity contribution < 1.29 is 33.4 Å². The average molecular weight is 429 g/mol. The van der Waals surface area contributed by atoms with E-state index in [9.17, 15) is 19.2 Å². The number of benzene rings is 2. The van der Waals surface area contributed by atoms with Crippen molar-refractivity contribution in [1.29, 1.82) is 0 Å². The van der Waals surface area contributed by atoms with Crippen LogP contribution in [0.4, 0.5) is 5.69 Å². The normalized spacial score (nSPS) is 10.0. The van der Waals surface area contributed by atoms with Gasteiger partial charge in [-0.05, 0) is 30.3 Å². The number of carbonyl (C=O) groups excluding carboxylic acids is 4. The first-order chi connectivity index (χ1) is 14.8. The van der Waals surface area contributed by atoms with Crippen molar-refractivity contribution in [2.45, 2.75) is 6.42 Å². The molecular formula is C21H23N3O7. The fourth-order valence-electron chi connectivity index (χ4n) is 2.50. The minimum absolute atomic E-state index is 0.00442. The van der Waals surface area contributed by atoms with Crippen LogP contribution in [0.3, 0.4) is 0 Å². The Morgan fingerprint density at radius 2 is 1.71 bits per heavy atom. The lowest BCUT2D eigenvalue weighted by Gasteiger charge is -2.13. The Morgan fingerprint density at radius 3 is 2.39 bits per heavy atom. The molecule has 4 N–H and O–H groups in total. The van der Waals surface area contributed by atoms with Crippen LogP contribution >= 0.6 is 0 Å². The second-order valence-corrected chi connectivity index (χ2v) is 6.20. The summed E-state index contributed by atoms with van der Waals surface area (Å²) in [6, 6.07) is 10.8. The molecule has 10 heteroatoms. The van der Waals surface area contributed by atoms with Gasteiger partial charge < -0.3 is 30.6 Å². The van der Waals surface area contributed by atoms with Gasteiger partial charge in [-0.1, -0.05) is 12.1 Å². The quantitative estimate of drug-likeness (QED) is 0.479. The van der Waals surface area contributed by atoms with Crippen LogP contribution in [0.5, 0.6) is 11.5 Å². The lowest BCUT2D eigenvalue weighted by Crippen LogP contribution is -2.28. The molecule has 0 radical (unpaired) electrons. The number of ether oxygens (including phenoxy) is 3. The summed E-state index contributed by atoms with van der Waals surface area (Å²) in [5.41, 5.74) is 5.82. The highest BCUT2D eigenvalue weighted by Crippen LogP contribution is 2.28. The number of esters is 1. The summed E-state index contributed by atoms with van der Waals surface area (Å²) in [6.07, 6.45) is 0.00442. The van der Waals surface area contributed by atoms with Gasteiger partial charge in [-0.25, -0.2) is 4.79 Å². The van der Waals surface area contributed by atoms with Gasteiger partial charge in [0.25, 0.3) is 11.8 Å². The van der Waals surface area contributed by atoms with E-state index in [2.05, 4.69) is 15.4 Å². The number of carbonyl (C=O) groups is 4. The minimum atomic E-state index is -0.561. The number of nitrogens with one attached hydrogen (secondary N) is 2. The molecule has 0 fully saturated rings. The number of rotatable bonds is 10. The number of hydrogen-bond acceptors (Lipinski definition) is 7. The van der Waals surface area contributed by atoms with Gasteiger partial charge in [-0.15, -0.1) is 0 Å². The summed E-state index contributed by atoms with van der Waals surface area (Å²) >= 11 is 0. The molecule has 0 saturated heterocycles. The smallest absolute Gasteiger partial charge is 0.343 e. The Balaban J connectivity index is 2.13. The monoisotopic (exact) mass is 429 g/mol. The molecule has 0 unspecified atom stereocenters. The fourth-order valence-corrected chi connectivity index (χ4v) is 2.50. The molecule has 0 spiro atoms. The van der Waals surface area contributed by atoms with Crippen LogP contribution in [0.2, 0.25) is 0 Å². The lowest BCUT2D eigenvalue weighted by atomic mass is 10.1. The van der Waals surface area contributed by atoms with E-state index in [0.717, 1.165) is 0 Å². The second-order valence-electron chi connectivity index (χ2n) is 6.20.